The van der Waals surface area contributed by atoms with Crippen LogP contribution >= 0.6 is 0 Å². The molecule has 0 aromatic heterocycles. The molecule has 0 radical (unpaired) electrons. The van der Waals surface area contributed by atoms with Crippen LogP contribution in [0.15, 0.2) is 0 Å². The van der Waals surface area contributed by atoms with Crippen molar-refractivity contribution in [2.75, 3.05) is 6.61 Å². The van der Waals surface area contributed by atoms with Crippen LogP contribution in [0.4, 0.5) is 0 Å². The standard InChI is InChI=1S/C12H22O3/c1-10-4-7-12(8-5-10,11(14)15)6-2-3-9-13/h10,13H,2-9H2,1H3,(H,14,15). The van der Waals surface area contributed by atoms with Crippen LogP contribution in [0.25, 0.3) is 0 Å². The quantitative estimate of drug-likeness (QED) is 0.691. The summed E-state index contributed by atoms with van der Waals surface area (Å²) in [5.41, 5.74) is -0.484. The molecule has 0 heterocycles. The molecule has 3 nitrogen and oxygen atoms in total. The Bertz CT molecular complexity index is 205. The molecule has 2 N–H and O–H groups in total. The van der Waals surface area contributed by atoms with Gasteiger partial charge in [0.1, 0.15) is 0 Å². The van der Waals surface area contributed by atoms with Crippen molar-refractivity contribution in [3.8, 4) is 0 Å². The van der Waals surface area contributed by atoms with E-state index in [4.69, 9.17) is 5.11 Å². The lowest BCUT2D eigenvalue weighted by Gasteiger charge is -2.35. The zero-order valence-electron chi connectivity index (χ0n) is 9.54. The summed E-state index contributed by atoms with van der Waals surface area (Å²) in [6, 6.07) is 0. The van der Waals surface area contributed by atoms with Crippen LogP contribution in [-0.2, 0) is 4.79 Å². The van der Waals surface area contributed by atoms with Gasteiger partial charge in [0.2, 0.25) is 0 Å². The van der Waals surface area contributed by atoms with Crippen molar-refractivity contribution < 1.29 is 15.0 Å². The third-order valence-corrected chi connectivity index (χ3v) is 3.75. The molecular weight excluding hydrogens is 192 g/mol. The Labute approximate surface area is 91.5 Å². The Balaban J connectivity index is 2.51. The van der Waals surface area contributed by atoms with Crippen LogP contribution in [0.1, 0.15) is 51.9 Å². The molecule has 1 rings (SSSR count). The van der Waals surface area contributed by atoms with Gasteiger partial charge in [0.15, 0.2) is 0 Å². The van der Waals surface area contributed by atoms with E-state index in [9.17, 15) is 9.90 Å². The molecule has 0 saturated heterocycles. The first-order valence-corrected chi connectivity index (χ1v) is 5.95. The number of carboxylic acids is 1. The molecule has 1 fully saturated rings. The SMILES string of the molecule is CC1CCC(CCCCO)(C(=O)O)CC1. The molecule has 15 heavy (non-hydrogen) atoms. The van der Waals surface area contributed by atoms with E-state index in [1.807, 2.05) is 0 Å². The van der Waals surface area contributed by atoms with Crippen LogP contribution in [0, 0.1) is 11.3 Å². The van der Waals surface area contributed by atoms with Crippen molar-refractivity contribution in [2.45, 2.75) is 51.9 Å². The first-order valence-electron chi connectivity index (χ1n) is 5.95. The maximum absolute atomic E-state index is 11.3. The first kappa shape index (κ1) is 12.5. The van der Waals surface area contributed by atoms with E-state index in [-0.39, 0.29) is 6.61 Å². The van der Waals surface area contributed by atoms with E-state index in [2.05, 4.69) is 6.92 Å². The zero-order chi connectivity index (χ0) is 11.3. The minimum atomic E-state index is -0.632. The number of carbonyl (C=O) groups is 1. The summed E-state index contributed by atoms with van der Waals surface area (Å²) in [6.45, 7) is 2.37. The summed E-state index contributed by atoms with van der Waals surface area (Å²) in [5.74, 6) is 0.0441. The molecule has 1 aliphatic carbocycles. The Morgan fingerprint density at radius 1 is 1.33 bits per heavy atom. The molecule has 0 aliphatic heterocycles. The Hall–Kier alpha value is -0.570. The molecule has 1 saturated carbocycles. The van der Waals surface area contributed by atoms with E-state index in [0.717, 1.165) is 44.9 Å². The number of carboxylic acid groups (broad SMARTS) is 1. The smallest absolute Gasteiger partial charge is 0.309 e. The largest absolute Gasteiger partial charge is 0.481 e. The van der Waals surface area contributed by atoms with Crippen molar-refractivity contribution in [2.24, 2.45) is 11.3 Å². The molecule has 0 aromatic rings. The highest BCUT2D eigenvalue weighted by atomic mass is 16.4. The Kier molecular flexibility index (Phi) is 4.58. The highest BCUT2D eigenvalue weighted by molar-refractivity contribution is 5.74. The second-order valence-corrected chi connectivity index (χ2v) is 4.95. The van der Waals surface area contributed by atoms with Gasteiger partial charge < -0.3 is 10.2 Å². The van der Waals surface area contributed by atoms with Gasteiger partial charge in [0.25, 0.3) is 0 Å². The maximum atomic E-state index is 11.3. The fourth-order valence-corrected chi connectivity index (χ4v) is 2.46. The topological polar surface area (TPSA) is 57.5 Å². The molecule has 0 aromatic carbocycles. The fraction of sp³-hybridized carbons (Fsp3) is 0.917. The van der Waals surface area contributed by atoms with Gasteiger partial charge in [-0.25, -0.2) is 0 Å². The van der Waals surface area contributed by atoms with Gasteiger partial charge in [-0.05, 0) is 44.4 Å². The summed E-state index contributed by atoms with van der Waals surface area (Å²) < 4.78 is 0. The summed E-state index contributed by atoms with van der Waals surface area (Å²) in [4.78, 5) is 11.3. The molecule has 0 bridgehead atoms. The van der Waals surface area contributed by atoms with Gasteiger partial charge in [-0.3, -0.25) is 4.79 Å². The lowest BCUT2D eigenvalue weighted by Crippen LogP contribution is -2.35. The fourth-order valence-electron chi connectivity index (χ4n) is 2.46. The molecule has 3 heteroatoms. The Morgan fingerprint density at radius 2 is 1.93 bits per heavy atom. The normalized spacial score (nSPS) is 31.5. The number of rotatable bonds is 5. The number of unbranched alkanes of at least 4 members (excludes halogenated alkanes) is 1. The third-order valence-electron chi connectivity index (χ3n) is 3.75. The number of aliphatic hydroxyl groups excluding tert-OH is 1. The average molecular weight is 214 g/mol. The van der Waals surface area contributed by atoms with Crippen molar-refractivity contribution in [3.05, 3.63) is 0 Å². The molecule has 0 amide bonds. The van der Waals surface area contributed by atoms with Crippen molar-refractivity contribution in [1.82, 2.24) is 0 Å². The number of hydrogen-bond donors (Lipinski definition) is 2. The van der Waals surface area contributed by atoms with Gasteiger partial charge in [0, 0.05) is 6.61 Å². The third kappa shape index (κ3) is 3.20. The summed E-state index contributed by atoms with van der Waals surface area (Å²) in [6.07, 6.45) is 5.98. The van der Waals surface area contributed by atoms with Crippen molar-refractivity contribution in [3.63, 3.8) is 0 Å². The molecular formula is C12H22O3. The van der Waals surface area contributed by atoms with Gasteiger partial charge >= 0.3 is 5.97 Å². The predicted molar refractivity (Wildman–Crippen MR) is 58.6 cm³/mol. The van der Waals surface area contributed by atoms with Gasteiger partial charge in [-0.1, -0.05) is 13.3 Å². The predicted octanol–water partition coefficient (Wildman–Crippen LogP) is 2.43. The van der Waals surface area contributed by atoms with Gasteiger partial charge in [-0.15, -0.1) is 0 Å². The van der Waals surface area contributed by atoms with Crippen LogP contribution in [0.2, 0.25) is 0 Å². The van der Waals surface area contributed by atoms with E-state index >= 15 is 0 Å². The zero-order valence-corrected chi connectivity index (χ0v) is 9.54. The van der Waals surface area contributed by atoms with Crippen LogP contribution in [0.3, 0.4) is 0 Å². The van der Waals surface area contributed by atoms with Crippen molar-refractivity contribution in [1.29, 1.82) is 0 Å². The van der Waals surface area contributed by atoms with E-state index < -0.39 is 11.4 Å². The second-order valence-electron chi connectivity index (χ2n) is 4.95. The number of aliphatic carboxylic acids is 1. The lowest BCUT2D eigenvalue weighted by molar-refractivity contribution is -0.152. The minimum Gasteiger partial charge on any atom is -0.481 e. The molecule has 0 spiro atoms. The van der Waals surface area contributed by atoms with Gasteiger partial charge in [-0.2, -0.15) is 0 Å². The number of hydrogen-bond acceptors (Lipinski definition) is 2. The second kappa shape index (κ2) is 5.50. The van der Waals surface area contributed by atoms with Crippen molar-refractivity contribution >= 4 is 5.97 Å². The first-order chi connectivity index (χ1) is 7.10. The van der Waals surface area contributed by atoms with E-state index in [0.29, 0.717) is 5.92 Å². The number of aliphatic hydroxyl groups is 1. The van der Waals surface area contributed by atoms with Gasteiger partial charge in [0.05, 0.1) is 5.41 Å². The summed E-state index contributed by atoms with van der Waals surface area (Å²) in [5, 5.41) is 18.0. The summed E-state index contributed by atoms with van der Waals surface area (Å²) in [7, 11) is 0. The Morgan fingerprint density at radius 3 is 2.40 bits per heavy atom. The monoisotopic (exact) mass is 214 g/mol. The lowest BCUT2D eigenvalue weighted by atomic mass is 9.68. The van der Waals surface area contributed by atoms with E-state index in [1.165, 1.54) is 0 Å². The summed E-state index contributed by atoms with van der Waals surface area (Å²) >= 11 is 0. The average Bonchev–Trinajstić information content (AvgIpc) is 2.21. The highest BCUT2D eigenvalue weighted by Gasteiger charge is 2.40. The highest BCUT2D eigenvalue weighted by Crippen LogP contribution is 2.42. The molecule has 1 aliphatic rings. The van der Waals surface area contributed by atoms with Crippen LogP contribution in [-0.4, -0.2) is 22.8 Å². The maximum Gasteiger partial charge on any atom is 0.309 e. The molecule has 0 atom stereocenters. The van der Waals surface area contributed by atoms with Crippen LogP contribution < -0.4 is 0 Å². The molecule has 88 valence electrons. The molecule has 0 unspecified atom stereocenters. The van der Waals surface area contributed by atoms with E-state index in [1.54, 1.807) is 0 Å². The van der Waals surface area contributed by atoms with Crippen LogP contribution in [0.5, 0.6) is 0 Å². The minimum absolute atomic E-state index is 0.173.